The third-order valence-electron chi connectivity index (χ3n) is 2.68. The van der Waals surface area contributed by atoms with Crippen LogP contribution in [0.2, 0.25) is 0 Å². The molecule has 0 aliphatic heterocycles. The number of nitrogens with zero attached hydrogens (tertiary/aromatic N) is 2. The smallest absolute Gasteiger partial charge is 0.272 e. The molecule has 1 aromatic heterocycles. The monoisotopic (exact) mass is 235 g/mol. The van der Waals surface area contributed by atoms with E-state index >= 15 is 0 Å². The van der Waals surface area contributed by atoms with Gasteiger partial charge in [0, 0.05) is 24.8 Å². The van der Waals surface area contributed by atoms with Crippen LogP contribution in [-0.2, 0) is 0 Å². The summed E-state index contributed by atoms with van der Waals surface area (Å²) >= 11 is 4.82. The highest BCUT2D eigenvalue weighted by molar-refractivity contribution is 7.80. The quantitative estimate of drug-likeness (QED) is 0.792. The maximum absolute atomic E-state index is 11.9. The predicted octanol–water partition coefficient (Wildman–Crippen LogP) is 0.950. The molecule has 4 nitrogen and oxygen atoms in total. The van der Waals surface area contributed by atoms with Gasteiger partial charge in [-0.1, -0.05) is 12.2 Å². The van der Waals surface area contributed by atoms with Gasteiger partial charge in [-0.3, -0.25) is 9.78 Å². The van der Waals surface area contributed by atoms with E-state index in [0.29, 0.717) is 22.3 Å². The second-order valence-electron chi connectivity index (χ2n) is 3.94. The van der Waals surface area contributed by atoms with Gasteiger partial charge in [-0.25, -0.2) is 0 Å². The average molecular weight is 235 g/mol. The maximum Gasteiger partial charge on any atom is 0.272 e. The lowest BCUT2D eigenvalue weighted by Crippen LogP contribution is -2.29. The lowest BCUT2D eigenvalue weighted by molar-refractivity contribution is 0.0779. The highest BCUT2D eigenvalue weighted by atomic mass is 32.1. The van der Waals surface area contributed by atoms with Crippen LogP contribution < -0.4 is 5.73 Å². The van der Waals surface area contributed by atoms with Crippen LogP contribution in [0.15, 0.2) is 18.3 Å². The first-order chi connectivity index (χ1) is 7.59. The number of hydrogen-bond acceptors (Lipinski definition) is 3. The van der Waals surface area contributed by atoms with Crippen LogP contribution >= 0.6 is 12.2 Å². The SMILES string of the molecule is CN(C(=O)c1ccc(C(N)=S)cn1)C1CC1. The molecule has 1 aromatic rings. The molecule has 0 bridgehead atoms. The van der Waals surface area contributed by atoms with Crippen LogP contribution in [-0.4, -0.2) is 33.9 Å². The van der Waals surface area contributed by atoms with Crippen molar-refractivity contribution in [3.8, 4) is 0 Å². The van der Waals surface area contributed by atoms with Crippen molar-refractivity contribution in [2.24, 2.45) is 5.73 Å². The minimum absolute atomic E-state index is 0.0445. The van der Waals surface area contributed by atoms with Crippen molar-refractivity contribution < 1.29 is 4.79 Å². The molecule has 0 saturated heterocycles. The lowest BCUT2D eigenvalue weighted by Gasteiger charge is -2.15. The summed E-state index contributed by atoms with van der Waals surface area (Å²) < 4.78 is 0. The van der Waals surface area contributed by atoms with E-state index in [9.17, 15) is 4.79 Å². The number of hydrogen-bond donors (Lipinski definition) is 1. The van der Waals surface area contributed by atoms with E-state index in [-0.39, 0.29) is 5.91 Å². The Morgan fingerprint density at radius 2 is 2.25 bits per heavy atom. The average Bonchev–Trinajstić information content (AvgIpc) is 3.11. The molecule has 1 heterocycles. The molecule has 1 aliphatic rings. The molecule has 0 spiro atoms. The van der Waals surface area contributed by atoms with Gasteiger partial charge in [0.25, 0.3) is 5.91 Å². The van der Waals surface area contributed by atoms with Crippen LogP contribution in [0.3, 0.4) is 0 Å². The van der Waals surface area contributed by atoms with Crippen molar-refractivity contribution in [1.29, 1.82) is 0 Å². The highest BCUT2D eigenvalue weighted by Gasteiger charge is 2.30. The standard InChI is InChI=1S/C11H13N3OS/c1-14(8-3-4-8)11(15)9-5-2-7(6-13-9)10(12)16/h2,5-6,8H,3-4H2,1H3,(H2,12,16). The normalized spacial score (nSPS) is 14.6. The van der Waals surface area contributed by atoms with Crippen molar-refractivity contribution >= 4 is 23.1 Å². The summed E-state index contributed by atoms with van der Waals surface area (Å²) in [5.41, 5.74) is 6.57. The van der Waals surface area contributed by atoms with Gasteiger partial charge in [-0.2, -0.15) is 0 Å². The summed E-state index contributed by atoms with van der Waals surface area (Å²) in [5, 5.41) is 0. The van der Waals surface area contributed by atoms with E-state index in [1.807, 2.05) is 7.05 Å². The number of aromatic nitrogens is 1. The fourth-order valence-electron chi connectivity index (χ4n) is 1.47. The second-order valence-corrected chi connectivity index (χ2v) is 4.38. The first-order valence-electron chi connectivity index (χ1n) is 5.12. The molecular weight excluding hydrogens is 222 g/mol. The summed E-state index contributed by atoms with van der Waals surface area (Å²) in [6, 6.07) is 3.78. The highest BCUT2D eigenvalue weighted by Crippen LogP contribution is 2.26. The number of nitrogens with two attached hydrogens (primary N) is 1. The minimum Gasteiger partial charge on any atom is -0.389 e. The molecule has 1 saturated carbocycles. The first kappa shape index (κ1) is 11.0. The molecule has 2 N–H and O–H groups in total. The van der Waals surface area contributed by atoms with E-state index in [1.54, 1.807) is 17.0 Å². The lowest BCUT2D eigenvalue weighted by atomic mass is 10.2. The van der Waals surface area contributed by atoms with Gasteiger partial charge in [0.05, 0.1) is 0 Å². The van der Waals surface area contributed by atoms with E-state index in [1.165, 1.54) is 6.20 Å². The van der Waals surface area contributed by atoms with Gasteiger partial charge in [-0.05, 0) is 25.0 Å². The Morgan fingerprint density at radius 3 is 2.69 bits per heavy atom. The molecule has 1 amide bonds. The number of thiocarbonyl (C=S) groups is 1. The Kier molecular flexibility index (Phi) is 2.87. The molecular formula is C11H13N3OS. The molecule has 0 aromatic carbocycles. The van der Waals surface area contributed by atoms with Gasteiger partial charge in [0.2, 0.25) is 0 Å². The van der Waals surface area contributed by atoms with Crippen molar-refractivity contribution in [3.05, 3.63) is 29.6 Å². The van der Waals surface area contributed by atoms with Crippen molar-refractivity contribution in [3.63, 3.8) is 0 Å². The second kappa shape index (κ2) is 4.17. The zero-order valence-corrected chi connectivity index (χ0v) is 9.83. The molecule has 0 radical (unpaired) electrons. The minimum atomic E-state index is -0.0445. The molecule has 0 unspecified atom stereocenters. The van der Waals surface area contributed by atoms with Crippen LogP contribution in [0.25, 0.3) is 0 Å². The third kappa shape index (κ3) is 2.19. The molecule has 2 rings (SSSR count). The Morgan fingerprint density at radius 1 is 1.56 bits per heavy atom. The summed E-state index contributed by atoms with van der Waals surface area (Å²) in [6.07, 6.45) is 3.72. The number of amides is 1. The van der Waals surface area contributed by atoms with Crippen LogP contribution in [0.4, 0.5) is 0 Å². The predicted molar refractivity (Wildman–Crippen MR) is 65.2 cm³/mol. The van der Waals surface area contributed by atoms with Crippen molar-refractivity contribution in [2.45, 2.75) is 18.9 Å². The number of rotatable bonds is 3. The van der Waals surface area contributed by atoms with Crippen molar-refractivity contribution in [2.75, 3.05) is 7.05 Å². The molecule has 16 heavy (non-hydrogen) atoms. The first-order valence-corrected chi connectivity index (χ1v) is 5.53. The Labute approximate surface area is 99.5 Å². The van der Waals surface area contributed by atoms with Gasteiger partial charge >= 0.3 is 0 Å². The summed E-state index contributed by atoms with van der Waals surface area (Å²) in [6.45, 7) is 0. The van der Waals surface area contributed by atoms with Crippen LogP contribution in [0, 0.1) is 0 Å². The molecule has 1 fully saturated rings. The van der Waals surface area contributed by atoms with Gasteiger partial charge in [-0.15, -0.1) is 0 Å². The van der Waals surface area contributed by atoms with E-state index in [0.717, 1.165) is 12.8 Å². The van der Waals surface area contributed by atoms with Crippen LogP contribution in [0.5, 0.6) is 0 Å². The Balaban J connectivity index is 2.14. The summed E-state index contributed by atoms with van der Waals surface area (Å²) in [4.78, 5) is 18.0. The van der Waals surface area contributed by atoms with E-state index in [2.05, 4.69) is 4.98 Å². The third-order valence-corrected chi connectivity index (χ3v) is 2.92. The number of carbonyl (C=O) groups is 1. The summed E-state index contributed by atoms with van der Waals surface area (Å²) in [5.74, 6) is -0.0445. The van der Waals surface area contributed by atoms with Gasteiger partial charge < -0.3 is 10.6 Å². The zero-order chi connectivity index (χ0) is 11.7. The summed E-state index contributed by atoms with van der Waals surface area (Å²) in [7, 11) is 1.81. The fourth-order valence-corrected chi connectivity index (χ4v) is 1.60. The Hall–Kier alpha value is -1.49. The number of pyridine rings is 1. The molecule has 5 heteroatoms. The Bertz CT molecular complexity index is 425. The van der Waals surface area contributed by atoms with Gasteiger partial charge in [0.15, 0.2) is 0 Å². The maximum atomic E-state index is 11.9. The molecule has 84 valence electrons. The van der Waals surface area contributed by atoms with Crippen LogP contribution in [0.1, 0.15) is 28.9 Å². The van der Waals surface area contributed by atoms with Crippen molar-refractivity contribution in [1.82, 2.24) is 9.88 Å². The zero-order valence-electron chi connectivity index (χ0n) is 9.01. The molecule has 0 atom stereocenters. The number of carbonyl (C=O) groups excluding carboxylic acids is 1. The largest absolute Gasteiger partial charge is 0.389 e. The van der Waals surface area contributed by atoms with E-state index in [4.69, 9.17) is 18.0 Å². The van der Waals surface area contributed by atoms with Gasteiger partial charge in [0.1, 0.15) is 10.7 Å². The topological polar surface area (TPSA) is 59.2 Å². The molecule has 1 aliphatic carbocycles. The van der Waals surface area contributed by atoms with E-state index < -0.39 is 0 Å². The fraction of sp³-hybridized carbons (Fsp3) is 0.364.